The lowest BCUT2D eigenvalue weighted by atomic mass is 10.0. The van der Waals surface area contributed by atoms with Crippen LogP contribution in [-0.4, -0.2) is 43.6 Å². The highest BCUT2D eigenvalue weighted by molar-refractivity contribution is 5.76. The molecule has 1 fully saturated rings. The number of methoxy groups -OCH3 is 1. The van der Waals surface area contributed by atoms with Crippen molar-refractivity contribution in [3.63, 3.8) is 0 Å². The Hall–Kier alpha value is -2.33. The summed E-state index contributed by atoms with van der Waals surface area (Å²) >= 11 is 0. The van der Waals surface area contributed by atoms with E-state index in [1.807, 2.05) is 24.3 Å². The van der Waals surface area contributed by atoms with Gasteiger partial charge in [0.15, 0.2) is 0 Å². The minimum Gasteiger partial charge on any atom is -0.497 e. The van der Waals surface area contributed by atoms with Gasteiger partial charge in [0.05, 0.1) is 7.11 Å². The SMILES string of the molecule is COc1ccc(CCC(=O)N[C@H]2CCCN(CCc3ccccc3)C2)cc1. The zero-order chi connectivity index (χ0) is 18.9. The van der Waals surface area contributed by atoms with Crippen molar-refractivity contribution in [2.75, 3.05) is 26.7 Å². The molecular formula is C23H30N2O2. The average molecular weight is 367 g/mol. The van der Waals surface area contributed by atoms with E-state index in [0.29, 0.717) is 6.42 Å². The Morgan fingerprint density at radius 3 is 2.56 bits per heavy atom. The minimum absolute atomic E-state index is 0.153. The standard InChI is InChI=1S/C23H30N2O2/c1-27-22-12-9-20(10-13-22)11-14-23(26)24-21-8-5-16-25(18-21)17-15-19-6-3-2-4-7-19/h2-4,6-7,9-10,12-13,21H,5,8,11,14-18H2,1H3,(H,24,26)/t21-/m0/s1. The van der Waals surface area contributed by atoms with Crippen molar-refractivity contribution >= 4 is 5.91 Å². The van der Waals surface area contributed by atoms with E-state index in [-0.39, 0.29) is 11.9 Å². The molecule has 27 heavy (non-hydrogen) atoms. The topological polar surface area (TPSA) is 41.6 Å². The summed E-state index contributed by atoms with van der Waals surface area (Å²) in [5, 5.41) is 3.23. The van der Waals surface area contributed by atoms with Crippen LogP contribution in [0.4, 0.5) is 0 Å². The second-order valence-electron chi connectivity index (χ2n) is 7.29. The second kappa shape index (κ2) is 10.1. The zero-order valence-corrected chi connectivity index (χ0v) is 16.2. The van der Waals surface area contributed by atoms with Crippen molar-refractivity contribution in [2.45, 2.75) is 38.1 Å². The number of likely N-dealkylation sites (tertiary alicyclic amines) is 1. The van der Waals surface area contributed by atoms with Crippen molar-refractivity contribution < 1.29 is 9.53 Å². The molecule has 4 heteroatoms. The van der Waals surface area contributed by atoms with Gasteiger partial charge >= 0.3 is 0 Å². The number of piperidine rings is 1. The van der Waals surface area contributed by atoms with E-state index < -0.39 is 0 Å². The maximum absolute atomic E-state index is 12.3. The molecular weight excluding hydrogens is 336 g/mol. The number of hydrogen-bond acceptors (Lipinski definition) is 3. The maximum atomic E-state index is 12.3. The summed E-state index contributed by atoms with van der Waals surface area (Å²) in [4.78, 5) is 14.8. The summed E-state index contributed by atoms with van der Waals surface area (Å²) in [6.07, 6.45) is 4.60. The van der Waals surface area contributed by atoms with Gasteiger partial charge in [0.25, 0.3) is 0 Å². The van der Waals surface area contributed by atoms with E-state index in [4.69, 9.17) is 4.74 Å². The molecule has 3 rings (SSSR count). The van der Waals surface area contributed by atoms with E-state index in [9.17, 15) is 4.79 Å². The zero-order valence-electron chi connectivity index (χ0n) is 16.2. The van der Waals surface area contributed by atoms with E-state index in [1.165, 1.54) is 11.1 Å². The Labute approximate surface area is 162 Å². The van der Waals surface area contributed by atoms with Gasteiger partial charge in [0.1, 0.15) is 5.75 Å². The van der Waals surface area contributed by atoms with Gasteiger partial charge in [0.2, 0.25) is 5.91 Å². The van der Waals surface area contributed by atoms with Gasteiger partial charge in [-0.25, -0.2) is 0 Å². The number of carbonyl (C=O) groups is 1. The number of aryl methyl sites for hydroxylation is 1. The highest BCUT2D eigenvalue weighted by atomic mass is 16.5. The van der Waals surface area contributed by atoms with Crippen molar-refractivity contribution in [2.24, 2.45) is 0 Å². The lowest BCUT2D eigenvalue weighted by Gasteiger charge is -2.33. The predicted molar refractivity (Wildman–Crippen MR) is 109 cm³/mol. The quantitative estimate of drug-likeness (QED) is 0.778. The number of rotatable bonds is 8. The number of hydrogen-bond donors (Lipinski definition) is 1. The number of ether oxygens (including phenoxy) is 1. The van der Waals surface area contributed by atoms with Crippen LogP contribution in [-0.2, 0) is 17.6 Å². The lowest BCUT2D eigenvalue weighted by molar-refractivity contribution is -0.122. The molecule has 1 heterocycles. The molecule has 4 nitrogen and oxygen atoms in total. The van der Waals surface area contributed by atoms with Crippen molar-refractivity contribution in [3.8, 4) is 5.75 Å². The molecule has 0 aromatic heterocycles. The third-order valence-corrected chi connectivity index (χ3v) is 5.23. The first-order valence-electron chi connectivity index (χ1n) is 9.91. The van der Waals surface area contributed by atoms with Gasteiger partial charge in [-0.15, -0.1) is 0 Å². The second-order valence-corrected chi connectivity index (χ2v) is 7.29. The fourth-order valence-electron chi connectivity index (χ4n) is 3.66. The molecule has 0 aliphatic carbocycles. The summed E-state index contributed by atoms with van der Waals surface area (Å²) in [5.41, 5.74) is 2.54. The summed E-state index contributed by atoms with van der Waals surface area (Å²) < 4.78 is 5.17. The molecule has 2 aromatic carbocycles. The predicted octanol–water partition coefficient (Wildman–Crippen LogP) is 3.45. The van der Waals surface area contributed by atoms with Crippen LogP contribution < -0.4 is 10.1 Å². The smallest absolute Gasteiger partial charge is 0.220 e. The fraction of sp³-hybridized carbons (Fsp3) is 0.435. The molecule has 0 spiro atoms. The van der Waals surface area contributed by atoms with E-state index in [2.05, 4.69) is 40.5 Å². The molecule has 0 unspecified atom stereocenters. The fourth-order valence-corrected chi connectivity index (χ4v) is 3.66. The first kappa shape index (κ1) is 19.4. The number of nitrogens with zero attached hydrogens (tertiary/aromatic N) is 1. The van der Waals surface area contributed by atoms with Gasteiger partial charge in [-0.2, -0.15) is 0 Å². The Balaban J connectivity index is 1.39. The van der Waals surface area contributed by atoms with Crippen LogP contribution in [0.15, 0.2) is 54.6 Å². The first-order chi connectivity index (χ1) is 13.2. The summed E-state index contributed by atoms with van der Waals surface area (Å²) in [6, 6.07) is 18.8. The molecule has 1 atom stereocenters. The molecule has 1 aliphatic heterocycles. The first-order valence-corrected chi connectivity index (χ1v) is 9.91. The van der Waals surface area contributed by atoms with Gasteiger partial charge in [0, 0.05) is 25.6 Å². The molecule has 1 saturated heterocycles. The van der Waals surface area contributed by atoms with Crippen LogP contribution in [0.25, 0.3) is 0 Å². The van der Waals surface area contributed by atoms with Gasteiger partial charge in [-0.1, -0.05) is 42.5 Å². The summed E-state index contributed by atoms with van der Waals surface area (Å²) in [6.45, 7) is 3.15. The Morgan fingerprint density at radius 2 is 1.81 bits per heavy atom. The Morgan fingerprint density at radius 1 is 1.07 bits per heavy atom. The largest absolute Gasteiger partial charge is 0.497 e. The van der Waals surface area contributed by atoms with Crippen molar-refractivity contribution in [3.05, 3.63) is 65.7 Å². The Bertz CT molecular complexity index is 700. The number of benzene rings is 2. The molecule has 0 bridgehead atoms. The van der Waals surface area contributed by atoms with Gasteiger partial charge in [-0.05, 0) is 55.5 Å². The third kappa shape index (κ3) is 6.40. The molecule has 144 valence electrons. The highest BCUT2D eigenvalue weighted by Crippen LogP contribution is 2.14. The number of carbonyl (C=O) groups excluding carboxylic acids is 1. The van der Waals surface area contributed by atoms with E-state index in [1.54, 1.807) is 7.11 Å². The minimum atomic E-state index is 0.153. The van der Waals surface area contributed by atoms with Crippen LogP contribution in [0.3, 0.4) is 0 Å². The van der Waals surface area contributed by atoms with Crippen LogP contribution in [0.1, 0.15) is 30.4 Å². The number of amides is 1. The van der Waals surface area contributed by atoms with Crippen LogP contribution in [0, 0.1) is 0 Å². The molecule has 2 aromatic rings. The monoisotopic (exact) mass is 366 g/mol. The summed E-state index contributed by atoms with van der Waals surface area (Å²) in [5.74, 6) is 1.00. The third-order valence-electron chi connectivity index (χ3n) is 5.23. The van der Waals surface area contributed by atoms with Crippen molar-refractivity contribution in [1.29, 1.82) is 0 Å². The highest BCUT2D eigenvalue weighted by Gasteiger charge is 2.21. The van der Waals surface area contributed by atoms with Gasteiger partial charge in [-0.3, -0.25) is 4.79 Å². The molecule has 1 N–H and O–H groups in total. The number of nitrogens with one attached hydrogen (secondary N) is 1. The van der Waals surface area contributed by atoms with Crippen LogP contribution in [0.5, 0.6) is 5.75 Å². The van der Waals surface area contributed by atoms with Crippen molar-refractivity contribution in [1.82, 2.24) is 10.2 Å². The maximum Gasteiger partial charge on any atom is 0.220 e. The van der Waals surface area contributed by atoms with E-state index >= 15 is 0 Å². The van der Waals surface area contributed by atoms with Crippen LogP contribution >= 0.6 is 0 Å². The molecule has 1 aliphatic rings. The molecule has 0 saturated carbocycles. The molecule has 0 radical (unpaired) electrons. The average Bonchev–Trinajstić information content (AvgIpc) is 2.72. The van der Waals surface area contributed by atoms with E-state index in [0.717, 1.165) is 51.1 Å². The normalized spacial score (nSPS) is 17.4. The lowest BCUT2D eigenvalue weighted by Crippen LogP contribution is -2.48. The summed E-state index contributed by atoms with van der Waals surface area (Å²) in [7, 11) is 1.66. The van der Waals surface area contributed by atoms with Gasteiger partial charge < -0.3 is 15.0 Å². The van der Waals surface area contributed by atoms with Crippen LogP contribution in [0.2, 0.25) is 0 Å². The Kier molecular flexibility index (Phi) is 7.28. The molecule has 1 amide bonds.